The normalized spacial score (nSPS) is 27.8. The molecule has 2 heteroatoms. The van der Waals surface area contributed by atoms with Gasteiger partial charge in [0.25, 0.3) is 0 Å². The van der Waals surface area contributed by atoms with Gasteiger partial charge in [-0.3, -0.25) is 0 Å². The van der Waals surface area contributed by atoms with Crippen molar-refractivity contribution in [2.45, 2.75) is 46.1 Å². The number of hydrogen-bond acceptors (Lipinski definition) is 1. The zero-order valence-corrected chi connectivity index (χ0v) is 13.1. The third-order valence-electron chi connectivity index (χ3n) is 3.87. The first-order valence-electron chi connectivity index (χ1n) is 6.48. The highest BCUT2D eigenvalue weighted by atomic mass is 127. The molecule has 17 heavy (non-hydrogen) atoms. The summed E-state index contributed by atoms with van der Waals surface area (Å²) >= 11 is 2.37. The maximum Gasteiger partial charge on any atom is 0.0353 e. The first kappa shape index (κ1) is 13.2. The van der Waals surface area contributed by atoms with E-state index in [4.69, 9.17) is 0 Å². The SMILES string of the molecule is CC1CC(C)(C)CCC1Nc1cccc(I)c1. The molecule has 0 bridgehead atoms. The van der Waals surface area contributed by atoms with Crippen LogP contribution in [0.15, 0.2) is 24.3 Å². The molecule has 2 unspecified atom stereocenters. The van der Waals surface area contributed by atoms with Gasteiger partial charge in [-0.2, -0.15) is 0 Å². The Morgan fingerprint density at radius 3 is 2.76 bits per heavy atom. The van der Waals surface area contributed by atoms with E-state index in [2.05, 4.69) is 72.9 Å². The largest absolute Gasteiger partial charge is 0.382 e. The van der Waals surface area contributed by atoms with Crippen molar-refractivity contribution in [3.63, 3.8) is 0 Å². The zero-order valence-electron chi connectivity index (χ0n) is 11.0. The van der Waals surface area contributed by atoms with E-state index in [0.717, 1.165) is 5.92 Å². The van der Waals surface area contributed by atoms with Gasteiger partial charge in [0, 0.05) is 15.3 Å². The molecular formula is C15H22IN. The number of halogens is 1. The van der Waals surface area contributed by atoms with Gasteiger partial charge < -0.3 is 5.32 Å². The van der Waals surface area contributed by atoms with Crippen LogP contribution >= 0.6 is 22.6 Å². The minimum absolute atomic E-state index is 0.530. The van der Waals surface area contributed by atoms with Crippen LogP contribution in [-0.2, 0) is 0 Å². The summed E-state index contributed by atoms with van der Waals surface area (Å²) in [6.07, 6.45) is 3.95. The van der Waals surface area contributed by atoms with Crippen LogP contribution in [0.2, 0.25) is 0 Å². The zero-order chi connectivity index (χ0) is 12.5. The molecule has 0 aliphatic heterocycles. The van der Waals surface area contributed by atoms with Crippen molar-refractivity contribution in [3.05, 3.63) is 27.8 Å². The number of rotatable bonds is 2. The van der Waals surface area contributed by atoms with Crippen LogP contribution in [0, 0.1) is 14.9 Å². The summed E-state index contributed by atoms with van der Waals surface area (Å²) in [5.74, 6) is 0.761. The lowest BCUT2D eigenvalue weighted by Crippen LogP contribution is -2.36. The summed E-state index contributed by atoms with van der Waals surface area (Å²) < 4.78 is 1.30. The van der Waals surface area contributed by atoms with E-state index in [1.54, 1.807) is 0 Å². The van der Waals surface area contributed by atoms with Gasteiger partial charge >= 0.3 is 0 Å². The fourth-order valence-corrected chi connectivity index (χ4v) is 3.50. The molecule has 0 radical (unpaired) electrons. The van der Waals surface area contributed by atoms with Crippen molar-refractivity contribution in [2.75, 3.05) is 5.32 Å². The highest BCUT2D eigenvalue weighted by molar-refractivity contribution is 14.1. The fourth-order valence-electron chi connectivity index (χ4n) is 2.95. The Morgan fingerprint density at radius 2 is 2.12 bits per heavy atom. The van der Waals surface area contributed by atoms with Gasteiger partial charge in [-0.25, -0.2) is 0 Å². The van der Waals surface area contributed by atoms with Gasteiger partial charge in [-0.1, -0.05) is 26.8 Å². The second-order valence-electron chi connectivity index (χ2n) is 6.15. The van der Waals surface area contributed by atoms with Gasteiger partial charge in [0.1, 0.15) is 0 Å². The quantitative estimate of drug-likeness (QED) is 0.752. The third-order valence-corrected chi connectivity index (χ3v) is 4.54. The molecule has 2 atom stereocenters. The molecule has 1 fully saturated rings. The Kier molecular flexibility index (Phi) is 4.01. The van der Waals surface area contributed by atoms with Crippen molar-refractivity contribution < 1.29 is 0 Å². The molecular weight excluding hydrogens is 321 g/mol. The summed E-state index contributed by atoms with van der Waals surface area (Å²) in [7, 11) is 0. The monoisotopic (exact) mass is 343 g/mol. The Morgan fingerprint density at radius 1 is 1.35 bits per heavy atom. The molecule has 0 spiro atoms. The highest BCUT2D eigenvalue weighted by Crippen LogP contribution is 2.39. The van der Waals surface area contributed by atoms with Gasteiger partial charge in [0.15, 0.2) is 0 Å². The van der Waals surface area contributed by atoms with Gasteiger partial charge in [-0.15, -0.1) is 0 Å². The van der Waals surface area contributed by atoms with E-state index in [9.17, 15) is 0 Å². The van der Waals surface area contributed by atoms with Crippen molar-refractivity contribution in [1.82, 2.24) is 0 Å². The predicted molar refractivity (Wildman–Crippen MR) is 83.4 cm³/mol. The van der Waals surface area contributed by atoms with Crippen LogP contribution in [0.5, 0.6) is 0 Å². The summed E-state index contributed by atoms with van der Waals surface area (Å²) in [6.45, 7) is 7.17. The molecule has 1 aromatic carbocycles. The summed E-state index contributed by atoms with van der Waals surface area (Å²) in [5, 5.41) is 3.70. The van der Waals surface area contributed by atoms with Gasteiger partial charge in [0.2, 0.25) is 0 Å². The second kappa shape index (κ2) is 5.17. The number of hydrogen-bond donors (Lipinski definition) is 1. The van der Waals surface area contributed by atoms with Gasteiger partial charge in [0.05, 0.1) is 0 Å². The minimum atomic E-state index is 0.530. The lowest BCUT2D eigenvalue weighted by molar-refractivity contribution is 0.177. The van der Waals surface area contributed by atoms with Crippen LogP contribution in [0.1, 0.15) is 40.0 Å². The van der Waals surface area contributed by atoms with Crippen LogP contribution in [0.25, 0.3) is 0 Å². The van der Waals surface area contributed by atoms with E-state index < -0.39 is 0 Å². The molecule has 0 aromatic heterocycles. The molecule has 1 saturated carbocycles. The summed E-state index contributed by atoms with van der Waals surface area (Å²) in [6, 6.07) is 9.31. The van der Waals surface area contributed by atoms with Crippen molar-refractivity contribution >= 4 is 28.3 Å². The number of anilines is 1. The van der Waals surface area contributed by atoms with E-state index >= 15 is 0 Å². The first-order chi connectivity index (χ1) is 7.96. The van der Waals surface area contributed by atoms with Crippen molar-refractivity contribution in [1.29, 1.82) is 0 Å². The Bertz CT molecular complexity index is 386. The van der Waals surface area contributed by atoms with E-state index in [0.29, 0.717) is 11.5 Å². The van der Waals surface area contributed by atoms with Crippen LogP contribution < -0.4 is 5.32 Å². The third kappa shape index (κ3) is 3.60. The number of benzene rings is 1. The van der Waals surface area contributed by atoms with Gasteiger partial charge in [-0.05, 0) is 71.4 Å². The fraction of sp³-hybridized carbons (Fsp3) is 0.600. The first-order valence-corrected chi connectivity index (χ1v) is 7.56. The van der Waals surface area contributed by atoms with Crippen molar-refractivity contribution in [3.8, 4) is 0 Å². The van der Waals surface area contributed by atoms with E-state index in [1.165, 1.54) is 28.5 Å². The van der Waals surface area contributed by atoms with Crippen LogP contribution in [-0.4, -0.2) is 6.04 Å². The van der Waals surface area contributed by atoms with Crippen molar-refractivity contribution in [2.24, 2.45) is 11.3 Å². The molecule has 1 aromatic rings. The molecule has 0 saturated heterocycles. The molecule has 0 heterocycles. The summed E-state index contributed by atoms with van der Waals surface area (Å²) in [4.78, 5) is 0. The lowest BCUT2D eigenvalue weighted by atomic mass is 9.70. The van der Waals surface area contributed by atoms with E-state index in [-0.39, 0.29) is 0 Å². The maximum absolute atomic E-state index is 3.70. The molecule has 94 valence electrons. The Labute approximate surface area is 119 Å². The average molecular weight is 343 g/mol. The maximum atomic E-state index is 3.70. The molecule has 1 nitrogen and oxygen atoms in total. The Balaban J connectivity index is 2.00. The molecule has 1 N–H and O–H groups in total. The average Bonchev–Trinajstić information content (AvgIpc) is 2.22. The predicted octanol–water partition coefficient (Wildman–Crippen LogP) is 4.92. The smallest absolute Gasteiger partial charge is 0.0353 e. The van der Waals surface area contributed by atoms with E-state index in [1.807, 2.05) is 0 Å². The second-order valence-corrected chi connectivity index (χ2v) is 7.39. The summed E-state index contributed by atoms with van der Waals surface area (Å²) in [5.41, 5.74) is 1.80. The molecule has 0 amide bonds. The molecule has 1 aliphatic carbocycles. The minimum Gasteiger partial charge on any atom is -0.382 e. The molecule has 1 aliphatic rings. The standard InChI is InChI=1S/C15H22IN/c1-11-10-15(2,3)8-7-14(11)17-13-6-4-5-12(16)9-13/h4-6,9,11,14,17H,7-8,10H2,1-3H3. The molecule has 2 rings (SSSR count). The van der Waals surface area contributed by atoms with Crippen LogP contribution in [0.3, 0.4) is 0 Å². The lowest BCUT2D eigenvalue weighted by Gasteiger charge is -2.40. The highest BCUT2D eigenvalue weighted by Gasteiger charge is 2.32. The van der Waals surface area contributed by atoms with Crippen LogP contribution in [0.4, 0.5) is 5.69 Å². The topological polar surface area (TPSA) is 12.0 Å². The number of nitrogens with one attached hydrogen (secondary N) is 1. The Hall–Kier alpha value is -0.250.